The first kappa shape index (κ1) is 17.5. The van der Waals surface area contributed by atoms with Crippen LogP contribution in [-0.2, 0) is 24.2 Å². The molecule has 6 heteroatoms. The first-order valence-corrected chi connectivity index (χ1v) is 9.02. The van der Waals surface area contributed by atoms with Gasteiger partial charge in [0.25, 0.3) is 0 Å². The van der Waals surface area contributed by atoms with Gasteiger partial charge in [-0.1, -0.05) is 41.9 Å². The Balaban J connectivity index is 1.74. The molecule has 3 rings (SSSR count). The monoisotopic (exact) mass is 372 g/mol. The summed E-state index contributed by atoms with van der Waals surface area (Å²) >= 11 is 7.64. The minimum absolute atomic E-state index is 0.156. The molecule has 0 unspecified atom stereocenters. The molecule has 2 aromatic carbocycles. The number of benzene rings is 2. The molecule has 0 aliphatic rings. The van der Waals surface area contributed by atoms with E-state index in [-0.39, 0.29) is 12.3 Å². The summed E-state index contributed by atoms with van der Waals surface area (Å²) in [5, 5.41) is 3.40. The maximum absolute atomic E-state index is 11.0. The van der Waals surface area contributed by atoms with Crippen molar-refractivity contribution in [2.75, 3.05) is 0 Å². The van der Waals surface area contributed by atoms with Gasteiger partial charge in [-0.3, -0.25) is 4.79 Å². The highest BCUT2D eigenvalue weighted by molar-refractivity contribution is 7.09. The van der Waals surface area contributed by atoms with Crippen LogP contribution in [0.3, 0.4) is 0 Å². The van der Waals surface area contributed by atoms with Gasteiger partial charge in [-0.05, 0) is 23.8 Å². The van der Waals surface area contributed by atoms with Gasteiger partial charge < -0.3 is 10.5 Å². The van der Waals surface area contributed by atoms with Crippen LogP contribution in [-0.4, -0.2) is 10.9 Å². The highest BCUT2D eigenvalue weighted by Gasteiger charge is 2.10. The number of thiazole rings is 1. The van der Waals surface area contributed by atoms with Gasteiger partial charge in [0.1, 0.15) is 12.4 Å². The van der Waals surface area contributed by atoms with Crippen LogP contribution in [0.25, 0.3) is 0 Å². The van der Waals surface area contributed by atoms with E-state index in [2.05, 4.69) is 4.98 Å². The number of halogens is 1. The maximum Gasteiger partial charge on any atom is 0.223 e. The quantitative estimate of drug-likeness (QED) is 0.681. The topological polar surface area (TPSA) is 65.2 Å². The molecule has 0 saturated heterocycles. The summed E-state index contributed by atoms with van der Waals surface area (Å²) < 4.78 is 5.97. The molecule has 0 saturated carbocycles. The number of rotatable bonds is 7. The van der Waals surface area contributed by atoms with Crippen LogP contribution < -0.4 is 10.5 Å². The molecule has 1 heterocycles. The molecule has 0 radical (unpaired) electrons. The third kappa shape index (κ3) is 5.05. The van der Waals surface area contributed by atoms with Crippen molar-refractivity contribution in [3.63, 3.8) is 0 Å². The number of hydrogen-bond donors (Lipinski definition) is 1. The largest absolute Gasteiger partial charge is 0.489 e. The highest BCUT2D eigenvalue weighted by Crippen LogP contribution is 2.27. The molecule has 25 heavy (non-hydrogen) atoms. The fourth-order valence-corrected chi connectivity index (χ4v) is 3.43. The third-order valence-corrected chi connectivity index (χ3v) is 4.69. The zero-order valence-corrected chi connectivity index (χ0v) is 15.0. The lowest BCUT2D eigenvalue weighted by Gasteiger charge is -2.11. The second kappa shape index (κ2) is 8.14. The van der Waals surface area contributed by atoms with Gasteiger partial charge in [0.2, 0.25) is 5.91 Å². The molecule has 0 spiro atoms. The summed E-state index contributed by atoms with van der Waals surface area (Å²) in [5.74, 6) is 0.395. The van der Waals surface area contributed by atoms with E-state index < -0.39 is 0 Å². The summed E-state index contributed by atoms with van der Waals surface area (Å²) in [6, 6.07) is 15.6. The summed E-state index contributed by atoms with van der Waals surface area (Å²) in [5.41, 5.74) is 7.97. The Kier molecular flexibility index (Phi) is 5.68. The van der Waals surface area contributed by atoms with Crippen LogP contribution in [0.1, 0.15) is 21.8 Å². The molecule has 1 amide bonds. The molecule has 128 valence electrons. The number of carbonyl (C=O) groups excluding carboxylic acids is 1. The molecule has 0 atom stereocenters. The Morgan fingerprint density at radius 1 is 1.20 bits per heavy atom. The average molecular weight is 373 g/mol. The van der Waals surface area contributed by atoms with Crippen molar-refractivity contribution in [1.29, 1.82) is 0 Å². The van der Waals surface area contributed by atoms with Crippen molar-refractivity contribution >= 4 is 28.8 Å². The zero-order valence-electron chi connectivity index (χ0n) is 13.4. The SMILES string of the molecule is NC(=O)Cc1csc(Cc2cc(Cl)ccc2OCc2ccccc2)n1. The van der Waals surface area contributed by atoms with E-state index in [1.54, 1.807) is 0 Å². The third-order valence-electron chi connectivity index (χ3n) is 3.56. The minimum atomic E-state index is -0.383. The number of hydrogen-bond acceptors (Lipinski definition) is 4. The van der Waals surface area contributed by atoms with Crippen LogP contribution >= 0.6 is 22.9 Å². The van der Waals surface area contributed by atoms with Crippen LogP contribution in [0.15, 0.2) is 53.9 Å². The number of amides is 1. The molecule has 4 nitrogen and oxygen atoms in total. The first-order chi connectivity index (χ1) is 12.1. The van der Waals surface area contributed by atoms with E-state index in [1.165, 1.54) is 11.3 Å². The van der Waals surface area contributed by atoms with Crippen LogP contribution in [0.5, 0.6) is 5.75 Å². The molecule has 1 aromatic heterocycles. The number of nitrogens with two attached hydrogens (primary N) is 1. The van der Waals surface area contributed by atoms with E-state index in [0.29, 0.717) is 23.7 Å². The number of aromatic nitrogens is 1. The smallest absolute Gasteiger partial charge is 0.223 e. The second-order valence-corrected chi connectivity index (χ2v) is 6.96. The molecule has 0 aliphatic heterocycles. The summed E-state index contributed by atoms with van der Waals surface area (Å²) in [7, 11) is 0. The zero-order chi connectivity index (χ0) is 17.6. The molecule has 0 aliphatic carbocycles. The maximum atomic E-state index is 11.0. The highest BCUT2D eigenvalue weighted by atomic mass is 35.5. The Hall–Kier alpha value is -2.37. The summed E-state index contributed by atoms with van der Waals surface area (Å²) in [6.45, 7) is 0.486. The number of ether oxygens (including phenoxy) is 1. The lowest BCUT2D eigenvalue weighted by molar-refractivity contribution is -0.117. The number of primary amides is 1. The average Bonchev–Trinajstić information content (AvgIpc) is 3.01. The van der Waals surface area contributed by atoms with Gasteiger partial charge in [0.05, 0.1) is 17.1 Å². The standard InChI is InChI=1S/C19H17ClN2O2S/c20-15-6-7-17(24-11-13-4-2-1-3-5-13)14(8-15)9-19-22-16(12-25-19)10-18(21)23/h1-8,12H,9-11H2,(H2,21,23). The normalized spacial score (nSPS) is 10.6. The molecule has 0 fully saturated rings. The summed E-state index contributed by atoms with van der Waals surface area (Å²) in [4.78, 5) is 15.5. The number of nitrogens with zero attached hydrogens (tertiary/aromatic N) is 1. The minimum Gasteiger partial charge on any atom is -0.489 e. The Labute approximate surface area is 155 Å². The Morgan fingerprint density at radius 2 is 2.00 bits per heavy atom. The molecule has 3 aromatic rings. The van der Waals surface area contributed by atoms with Gasteiger partial charge in [-0.2, -0.15) is 0 Å². The predicted molar refractivity (Wildman–Crippen MR) is 100 cm³/mol. The number of carbonyl (C=O) groups is 1. The predicted octanol–water partition coefficient (Wildman–Crippen LogP) is 3.99. The summed E-state index contributed by atoms with van der Waals surface area (Å²) in [6.07, 6.45) is 0.748. The lowest BCUT2D eigenvalue weighted by atomic mass is 10.1. The van der Waals surface area contributed by atoms with Crippen molar-refractivity contribution in [2.24, 2.45) is 5.73 Å². The van der Waals surface area contributed by atoms with Gasteiger partial charge in [0, 0.05) is 22.4 Å². The van der Waals surface area contributed by atoms with Crippen LogP contribution in [0, 0.1) is 0 Å². The molecule has 2 N–H and O–H groups in total. The van der Waals surface area contributed by atoms with Gasteiger partial charge in [-0.15, -0.1) is 11.3 Å². The molecular formula is C19H17ClN2O2S. The van der Waals surface area contributed by atoms with Crippen molar-refractivity contribution in [3.8, 4) is 5.75 Å². The van der Waals surface area contributed by atoms with Crippen molar-refractivity contribution in [3.05, 3.63) is 80.8 Å². The lowest BCUT2D eigenvalue weighted by Crippen LogP contribution is -2.13. The van der Waals surface area contributed by atoms with Crippen molar-refractivity contribution in [2.45, 2.75) is 19.4 Å². The fourth-order valence-electron chi connectivity index (χ4n) is 2.42. The van der Waals surface area contributed by atoms with Gasteiger partial charge in [-0.25, -0.2) is 4.98 Å². The van der Waals surface area contributed by atoms with Crippen LogP contribution in [0.2, 0.25) is 5.02 Å². The second-order valence-electron chi connectivity index (χ2n) is 5.58. The van der Waals surface area contributed by atoms with Gasteiger partial charge >= 0.3 is 0 Å². The van der Waals surface area contributed by atoms with Gasteiger partial charge in [0.15, 0.2) is 0 Å². The van der Waals surface area contributed by atoms with Crippen molar-refractivity contribution in [1.82, 2.24) is 4.98 Å². The van der Waals surface area contributed by atoms with Crippen molar-refractivity contribution < 1.29 is 9.53 Å². The Morgan fingerprint density at radius 3 is 2.76 bits per heavy atom. The Bertz CT molecular complexity index is 865. The van der Waals surface area contributed by atoms with E-state index >= 15 is 0 Å². The molecular weight excluding hydrogens is 356 g/mol. The van der Waals surface area contributed by atoms with E-state index in [1.807, 2.05) is 53.9 Å². The first-order valence-electron chi connectivity index (χ1n) is 7.77. The molecule has 0 bridgehead atoms. The van der Waals surface area contributed by atoms with E-state index in [0.717, 1.165) is 21.9 Å². The van der Waals surface area contributed by atoms with E-state index in [4.69, 9.17) is 22.1 Å². The van der Waals surface area contributed by atoms with Crippen LogP contribution in [0.4, 0.5) is 0 Å². The fraction of sp³-hybridized carbons (Fsp3) is 0.158. The van der Waals surface area contributed by atoms with E-state index in [9.17, 15) is 4.79 Å².